The zero-order valence-corrected chi connectivity index (χ0v) is 19.6. The summed E-state index contributed by atoms with van der Waals surface area (Å²) in [5, 5.41) is 11.5. The summed E-state index contributed by atoms with van der Waals surface area (Å²) in [4.78, 5) is 9.38. The number of hydrogen-bond donors (Lipinski definition) is 2. The molecule has 0 saturated carbocycles. The third-order valence-electron chi connectivity index (χ3n) is 6.14. The Morgan fingerprint density at radius 3 is 2.63 bits per heavy atom. The van der Waals surface area contributed by atoms with E-state index in [4.69, 9.17) is 19.2 Å². The molecule has 1 saturated heterocycles. The van der Waals surface area contributed by atoms with Crippen LogP contribution in [0.4, 0.5) is 14.7 Å². The summed E-state index contributed by atoms with van der Waals surface area (Å²) < 4.78 is 46.1. The molecule has 2 aromatic carbocycles. The zero-order chi connectivity index (χ0) is 24.5. The van der Waals surface area contributed by atoms with Crippen molar-refractivity contribution in [3.63, 3.8) is 0 Å². The molecule has 2 atom stereocenters. The van der Waals surface area contributed by atoms with Gasteiger partial charge in [0.25, 0.3) is 0 Å². The standard InChI is InChI=1S/C24H26F2N6O3/c1-33-17-5-4-13(19(9-17)34-2)11-28-24-29-21-18(7-15(25)8-20(21)35-3)23-30-22(31-32(23)24)14-6-16(26)12-27-10-14/h4-5,7-9,14,16,27H,6,10-12H2,1-3H3,(H,28,29). The second-order valence-corrected chi connectivity index (χ2v) is 8.36. The summed E-state index contributed by atoms with van der Waals surface area (Å²) in [5.41, 5.74) is 1.72. The van der Waals surface area contributed by atoms with E-state index in [1.807, 2.05) is 12.1 Å². The van der Waals surface area contributed by atoms with Crippen LogP contribution in [0, 0.1) is 5.82 Å². The van der Waals surface area contributed by atoms with Gasteiger partial charge in [-0.15, -0.1) is 5.10 Å². The quantitative estimate of drug-likeness (QED) is 0.412. The van der Waals surface area contributed by atoms with Crippen LogP contribution in [0.25, 0.3) is 16.6 Å². The molecule has 3 heterocycles. The molecule has 1 fully saturated rings. The Kier molecular flexibility index (Phi) is 6.25. The topological polar surface area (TPSA) is 94.8 Å². The van der Waals surface area contributed by atoms with E-state index in [1.54, 1.807) is 20.3 Å². The minimum atomic E-state index is -0.979. The molecule has 0 radical (unpaired) electrons. The molecule has 11 heteroatoms. The van der Waals surface area contributed by atoms with Gasteiger partial charge >= 0.3 is 0 Å². The Morgan fingerprint density at radius 2 is 1.89 bits per heavy atom. The van der Waals surface area contributed by atoms with Crippen LogP contribution in [0.2, 0.25) is 0 Å². The molecule has 1 aliphatic rings. The minimum absolute atomic E-state index is 0.210. The lowest BCUT2D eigenvalue weighted by Crippen LogP contribution is -2.36. The maximum atomic E-state index is 14.4. The molecule has 0 spiro atoms. The molecule has 2 N–H and O–H groups in total. The SMILES string of the molecule is COc1ccc(CNc2nc3c(OC)cc(F)cc3c3nc(C4CNCC(F)C4)nn23)c(OC)c1. The molecule has 35 heavy (non-hydrogen) atoms. The lowest BCUT2D eigenvalue weighted by molar-refractivity contribution is 0.243. The lowest BCUT2D eigenvalue weighted by Gasteiger charge is -2.23. The molecule has 184 valence electrons. The molecule has 0 bridgehead atoms. The second-order valence-electron chi connectivity index (χ2n) is 8.36. The van der Waals surface area contributed by atoms with Crippen LogP contribution in [-0.4, -0.2) is 60.2 Å². The zero-order valence-electron chi connectivity index (χ0n) is 19.6. The number of fused-ring (bicyclic) bond motifs is 3. The van der Waals surface area contributed by atoms with Crippen molar-refractivity contribution in [1.82, 2.24) is 24.9 Å². The van der Waals surface area contributed by atoms with Crippen LogP contribution in [0.15, 0.2) is 30.3 Å². The van der Waals surface area contributed by atoms with Gasteiger partial charge in [-0.25, -0.2) is 18.7 Å². The number of nitrogens with zero attached hydrogens (tertiary/aromatic N) is 4. The van der Waals surface area contributed by atoms with Crippen molar-refractivity contribution < 1.29 is 23.0 Å². The van der Waals surface area contributed by atoms with Crippen molar-refractivity contribution in [2.24, 2.45) is 0 Å². The summed E-state index contributed by atoms with van der Waals surface area (Å²) in [5.74, 6) is 1.78. The number of aromatic nitrogens is 4. The average molecular weight is 485 g/mol. The maximum absolute atomic E-state index is 14.4. The molecular weight excluding hydrogens is 458 g/mol. The van der Waals surface area contributed by atoms with Crippen LogP contribution in [0.5, 0.6) is 17.2 Å². The van der Waals surface area contributed by atoms with Crippen molar-refractivity contribution in [1.29, 1.82) is 0 Å². The van der Waals surface area contributed by atoms with Crippen molar-refractivity contribution in [3.8, 4) is 17.2 Å². The molecule has 4 aromatic rings. The number of alkyl halides is 1. The molecule has 0 aliphatic carbocycles. The summed E-state index contributed by atoms with van der Waals surface area (Å²) in [6, 6.07) is 8.15. The molecule has 5 rings (SSSR count). The van der Waals surface area contributed by atoms with Crippen molar-refractivity contribution in [2.45, 2.75) is 25.1 Å². The van der Waals surface area contributed by atoms with Crippen LogP contribution >= 0.6 is 0 Å². The van der Waals surface area contributed by atoms with E-state index in [9.17, 15) is 8.78 Å². The van der Waals surface area contributed by atoms with Gasteiger partial charge in [0.15, 0.2) is 11.5 Å². The number of piperidine rings is 1. The number of halogens is 2. The van der Waals surface area contributed by atoms with Gasteiger partial charge in [0.05, 0.1) is 26.7 Å². The van der Waals surface area contributed by atoms with E-state index in [-0.39, 0.29) is 11.7 Å². The van der Waals surface area contributed by atoms with E-state index < -0.39 is 12.0 Å². The van der Waals surface area contributed by atoms with Crippen LogP contribution in [0.1, 0.15) is 23.7 Å². The monoisotopic (exact) mass is 484 g/mol. The van der Waals surface area contributed by atoms with Crippen LogP contribution in [0.3, 0.4) is 0 Å². The summed E-state index contributed by atoms with van der Waals surface area (Å²) in [6.07, 6.45) is -0.661. The Hall–Kier alpha value is -3.73. The van der Waals surface area contributed by atoms with Gasteiger partial charge in [0.2, 0.25) is 5.95 Å². The molecule has 0 amide bonds. The van der Waals surface area contributed by atoms with Crippen molar-refractivity contribution in [2.75, 3.05) is 39.7 Å². The third kappa shape index (κ3) is 4.39. The maximum Gasteiger partial charge on any atom is 0.226 e. The van der Waals surface area contributed by atoms with Gasteiger partial charge in [-0.1, -0.05) is 0 Å². The number of ether oxygens (including phenoxy) is 3. The number of hydrogen-bond acceptors (Lipinski definition) is 8. The largest absolute Gasteiger partial charge is 0.497 e. The summed E-state index contributed by atoms with van der Waals surface area (Å²) in [7, 11) is 4.64. The first-order valence-electron chi connectivity index (χ1n) is 11.2. The fourth-order valence-electron chi connectivity index (χ4n) is 4.36. The first kappa shape index (κ1) is 23.0. The van der Waals surface area contributed by atoms with Gasteiger partial charge in [0.1, 0.15) is 34.8 Å². The molecule has 1 aliphatic heterocycles. The Bertz CT molecular complexity index is 1380. The number of nitrogens with one attached hydrogen (secondary N) is 2. The molecule has 2 aromatic heterocycles. The van der Waals surface area contributed by atoms with E-state index in [0.29, 0.717) is 65.9 Å². The van der Waals surface area contributed by atoms with E-state index in [1.165, 1.54) is 23.8 Å². The Balaban J connectivity index is 1.60. The highest BCUT2D eigenvalue weighted by atomic mass is 19.1. The fraction of sp³-hybridized carbons (Fsp3) is 0.375. The summed E-state index contributed by atoms with van der Waals surface area (Å²) in [6.45, 7) is 1.23. The smallest absolute Gasteiger partial charge is 0.226 e. The predicted octanol–water partition coefficient (Wildman–Crippen LogP) is 3.47. The van der Waals surface area contributed by atoms with E-state index in [0.717, 1.165) is 5.56 Å². The van der Waals surface area contributed by atoms with Crippen molar-refractivity contribution >= 4 is 22.5 Å². The highest BCUT2D eigenvalue weighted by molar-refractivity contribution is 5.96. The van der Waals surface area contributed by atoms with Crippen LogP contribution < -0.4 is 24.8 Å². The highest BCUT2D eigenvalue weighted by Crippen LogP contribution is 2.32. The number of methoxy groups -OCH3 is 3. The highest BCUT2D eigenvalue weighted by Gasteiger charge is 2.27. The number of benzene rings is 2. The van der Waals surface area contributed by atoms with Gasteiger partial charge in [-0.05, 0) is 24.6 Å². The van der Waals surface area contributed by atoms with Gasteiger partial charge in [0, 0.05) is 43.2 Å². The van der Waals surface area contributed by atoms with E-state index >= 15 is 0 Å². The first-order chi connectivity index (χ1) is 17.0. The lowest BCUT2D eigenvalue weighted by atomic mass is 9.98. The van der Waals surface area contributed by atoms with Gasteiger partial charge < -0.3 is 24.8 Å². The normalized spacial score (nSPS) is 18.1. The summed E-state index contributed by atoms with van der Waals surface area (Å²) >= 11 is 0. The van der Waals surface area contributed by atoms with Crippen molar-refractivity contribution in [3.05, 3.63) is 47.5 Å². The Morgan fingerprint density at radius 1 is 1.06 bits per heavy atom. The molecular formula is C24H26F2N6O3. The fourth-order valence-corrected chi connectivity index (χ4v) is 4.36. The van der Waals surface area contributed by atoms with Crippen LogP contribution in [-0.2, 0) is 6.54 Å². The van der Waals surface area contributed by atoms with Gasteiger partial charge in [-0.2, -0.15) is 4.52 Å². The molecule has 9 nitrogen and oxygen atoms in total. The minimum Gasteiger partial charge on any atom is -0.497 e. The number of anilines is 1. The van der Waals surface area contributed by atoms with E-state index in [2.05, 4.69) is 20.7 Å². The second kappa shape index (κ2) is 9.49. The number of rotatable bonds is 7. The molecule has 2 unspecified atom stereocenters. The van der Waals surface area contributed by atoms with Gasteiger partial charge in [-0.3, -0.25) is 0 Å². The average Bonchev–Trinajstić information content (AvgIpc) is 3.33. The predicted molar refractivity (Wildman–Crippen MR) is 127 cm³/mol. The Labute approximate surface area is 200 Å². The first-order valence-corrected chi connectivity index (χ1v) is 11.2. The third-order valence-corrected chi connectivity index (χ3v) is 6.14.